The molecule has 5 nitrogen and oxygen atoms in total. The molecule has 0 saturated heterocycles. The van der Waals surface area contributed by atoms with Crippen LogP contribution in [0, 0.1) is 0 Å². The molecule has 0 aliphatic carbocycles. The van der Waals surface area contributed by atoms with Gasteiger partial charge in [-0.1, -0.05) is 0 Å². The Balaban J connectivity index is 2.52. The highest BCUT2D eigenvalue weighted by molar-refractivity contribution is 9.10. The van der Waals surface area contributed by atoms with E-state index in [4.69, 9.17) is 5.11 Å². The average Bonchev–Trinajstić information content (AvgIpc) is 2.38. The molecule has 0 fully saturated rings. The predicted octanol–water partition coefficient (Wildman–Crippen LogP) is 2.94. The summed E-state index contributed by atoms with van der Waals surface area (Å²) in [5, 5.41) is 8.78. The smallest absolute Gasteiger partial charge is 0.339 e. The number of hydrogen-bond acceptors (Lipinski definition) is 4. The zero-order valence-corrected chi connectivity index (χ0v) is 10.8. The first kappa shape index (κ1) is 13.5. The van der Waals surface area contributed by atoms with Crippen LogP contribution in [0.15, 0.2) is 29.0 Å². The van der Waals surface area contributed by atoms with Gasteiger partial charge < -0.3 is 5.11 Å². The van der Waals surface area contributed by atoms with Gasteiger partial charge in [0.15, 0.2) is 5.82 Å². The van der Waals surface area contributed by atoms with Crippen LogP contribution in [0.5, 0.6) is 0 Å². The number of carboxylic acid groups (broad SMARTS) is 1. The van der Waals surface area contributed by atoms with Crippen molar-refractivity contribution in [1.82, 2.24) is 15.0 Å². The molecule has 19 heavy (non-hydrogen) atoms. The minimum Gasteiger partial charge on any atom is -0.478 e. The standard InChI is InChI=1S/C11H6BrF2N3O2/c12-5-1-2-7(15-3-5)10-16-4-6(11(18)19)8(17-10)9(13)14/h1-4,9H,(H,18,19). The lowest BCUT2D eigenvalue weighted by Crippen LogP contribution is -2.08. The van der Waals surface area contributed by atoms with Crippen molar-refractivity contribution in [2.75, 3.05) is 0 Å². The number of rotatable bonds is 3. The number of aromatic nitrogens is 3. The summed E-state index contributed by atoms with van der Waals surface area (Å²) in [6.07, 6.45) is -0.676. The fourth-order valence-corrected chi connectivity index (χ4v) is 1.59. The molecule has 98 valence electrons. The highest BCUT2D eigenvalue weighted by atomic mass is 79.9. The first-order valence-corrected chi connectivity index (χ1v) is 5.78. The number of pyridine rings is 1. The van der Waals surface area contributed by atoms with Crippen LogP contribution in [0.3, 0.4) is 0 Å². The number of aromatic carboxylic acids is 1. The second-order valence-corrected chi connectivity index (χ2v) is 4.38. The van der Waals surface area contributed by atoms with Gasteiger partial charge in [0.1, 0.15) is 17.0 Å². The largest absolute Gasteiger partial charge is 0.478 e. The Hall–Kier alpha value is -1.96. The summed E-state index contributed by atoms with van der Waals surface area (Å²) in [7, 11) is 0. The number of halogens is 3. The van der Waals surface area contributed by atoms with Gasteiger partial charge in [-0.2, -0.15) is 0 Å². The molecule has 0 aliphatic heterocycles. The van der Waals surface area contributed by atoms with Crippen LogP contribution < -0.4 is 0 Å². The molecule has 0 aromatic carbocycles. The summed E-state index contributed by atoms with van der Waals surface area (Å²) in [5.74, 6) is -1.54. The Bertz CT molecular complexity index is 620. The van der Waals surface area contributed by atoms with Gasteiger partial charge in [-0.05, 0) is 28.1 Å². The molecule has 2 aromatic rings. The van der Waals surface area contributed by atoms with E-state index in [1.54, 1.807) is 6.07 Å². The lowest BCUT2D eigenvalue weighted by Gasteiger charge is -2.06. The molecule has 2 aromatic heterocycles. The molecule has 0 saturated carbocycles. The van der Waals surface area contributed by atoms with Crippen LogP contribution in [-0.4, -0.2) is 26.0 Å². The quantitative estimate of drug-likeness (QED) is 0.936. The molecule has 0 aliphatic rings. The van der Waals surface area contributed by atoms with Crippen molar-refractivity contribution in [3.8, 4) is 11.5 Å². The summed E-state index contributed by atoms with van der Waals surface area (Å²) < 4.78 is 26.2. The van der Waals surface area contributed by atoms with Crippen molar-refractivity contribution < 1.29 is 18.7 Å². The molecular formula is C11H6BrF2N3O2. The topological polar surface area (TPSA) is 76.0 Å². The summed E-state index contributed by atoms with van der Waals surface area (Å²) in [5.41, 5.74) is -1.15. The van der Waals surface area contributed by atoms with Crippen molar-refractivity contribution in [1.29, 1.82) is 0 Å². The lowest BCUT2D eigenvalue weighted by atomic mass is 10.2. The van der Waals surface area contributed by atoms with Crippen molar-refractivity contribution in [2.45, 2.75) is 6.43 Å². The summed E-state index contributed by atoms with van der Waals surface area (Å²) >= 11 is 3.19. The van der Waals surface area contributed by atoms with Crippen molar-refractivity contribution in [3.63, 3.8) is 0 Å². The second kappa shape index (κ2) is 5.35. The molecule has 2 heterocycles. The van der Waals surface area contributed by atoms with Crippen LogP contribution in [-0.2, 0) is 0 Å². The Morgan fingerprint density at radius 2 is 2.00 bits per heavy atom. The molecule has 0 atom stereocenters. The fraction of sp³-hybridized carbons (Fsp3) is 0.0909. The van der Waals surface area contributed by atoms with Crippen LogP contribution in [0.1, 0.15) is 22.5 Å². The maximum Gasteiger partial charge on any atom is 0.339 e. The third-order valence-electron chi connectivity index (χ3n) is 2.21. The van der Waals surface area contributed by atoms with E-state index < -0.39 is 23.7 Å². The molecule has 0 radical (unpaired) electrons. The lowest BCUT2D eigenvalue weighted by molar-refractivity contribution is 0.0681. The van der Waals surface area contributed by atoms with Gasteiger partial charge in [-0.15, -0.1) is 0 Å². The zero-order chi connectivity index (χ0) is 14.0. The number of alkyl halides is 2. The maximum absolute atomic E-state index is 12.8. The van der Waals surface area contributed by atoms with E-state index in [0.717, 1.165) is 6.20 Å². The van der Waals surface area contributed by atoms with Gasteiger partial charge in [-0.3, -0.25) is 4.98 Å². The average molecular weight is 330 g/mol. The molecule has 2 rings (SSSR count). The first-order valence-electron chi connectivity index (χ1n) is 4.99. The predicted molar refractivity (Wildman–Crippen MR) is 64.9 cm³/mol. The first-order chi connectivity index (χ1) is 8.99. The zero-order valence-electron chi connectivity index (χ0n) is 9.22. The SMILES string of the molecule is O=C(O)c1cnc(-c2ccc(Br)cn2)nc1C(F)F. The summed E-state index contributed by atoms with van der Waals surface area (Å²) in [6, 6.07) is 3.19. The third-order valence-corrected chi connectivity index (χ3v) is 2.68. The van der Waals surface area contributed by atoms with E-state index in [1.165, 1.54) is 12.3 Å². The fourth-order valence-electron chi connectivity index (χ4n) is 1.36. The maximum atomic E-state index is 12.8. The van der Waals surface area contributed by atoms with Crippen molar-refractivity contribution in [2.24, 2.45) is 0 Å². The molecular weight excluding hydrogens is 324 g/mol. The highest BCUT2D eigenvalue weighted by Crippen LogP contribution is 2.23. The van der Waals surface area contributed by atoms with E-state index >= 15 is 0 Å². The van der Waals surface area contributed by atoms with E-state index in [1.807, 2.05) is 0 Å². The molecule has 0 bridgehead atoms. The number of carboxylic acids is 1. The normalized spacial score (nSPS) is 10.7. The van der Waals surface area contributed by atoms with E-state index in [9.17, 15) is 13.6 Å². The Labute approximate surface area is 114 Å². The van der Waals surface area contributed by atoms with E-state index in [2.05, 4.69) is 30.9 Å². The minimum absolute atomic E-state index is 0.0483. The minimum atomic E-state index is -3.00. The number of hydrogen-bond donors (Lipinski definition) is 1. The Kier molecular flexibility index (Phi) is 3.79. The van der Waals surface area contributed by atoms with Gasteiger partial charge in [-0.25, -0.2) is 23.5 Å². The highest BCUT2D eigenvalue weighted by Gasteiger charge is 2.21. The van der Waals surface area contributed by atoms with E-state index in [-0.39, 0.29) is 11.5 Å². The molecule has 8 heteroatoms. The van der Waals surface area contributed by atoms with Gasteiger partial charge in [0, 0.05) is 16.9 Å². The number of carbonyl (C=O) groups is 1. The van der Waals surface area contributed by atoms with Gasteiger partial charge in [0.2, 0.25) is 0 Å². The van der Waals surface area contributed by atoms with Crippen LogP contribution in [0.4, 0.5) is 8.78 Å². The Morgan fingerprint density at radius 3 is 2.53 bits per heavy atom. The monoisotopic (exact) mass is 329 g/mol. The third kappa shape index (κ3) is 2.90. The summed E-state index contributed by atoms with van der Waals surface area (Å²) in [6.45, 7) is 0. The molecule has 0 amide bonds. The molecule has 0 unspecified atom stereocenters. The Morgan fingerprint density at radius 1 is 1.26 bits per heavy atom. The van der Waals surface area contributed by atoms with Crippen molar-refractivity contribution >= 4 is 21.9 Å². The van der Waals surface area contributed by atoms with Crippen molar-refractivity contribution in [3.05, 3.63) is 40.3 Å². The van der Waals surface area contributed by atoms with Crippen LogP contribution >= 0.6 is 15.9 Å². The molecule has 0 spiro atoms. The van der Waals surface area contributed by atoms with Gasteiger partial charge in [0.25, 0.3) is 6.43 Å². The van der Waals surface area contributed by atoms with Gasteiger partial charge >= 0.3 is 5.97 Å². The molecule has 1 N–H and O–H groups in total. The summed E-state index contributed by atoms with van der Waals surface area (Å²) in [4.78, 5) is 22.1. The second-order valence-electron chi connectivity index (χ2n) is 3.46. The van der Waals surface area contributed by atoms with Crippen LogP contribution in [0.25, 0.3) is 11.5 Å². The number of nitrogens with zero attached hydrogens (tertiary/aromatic N) is 3. The van der Waals surface area contributed by atoms with Gasteiger partial charge in [0.05, 0.1) is 0 Å². The van der Waals surface area contributed by atoms with Crippen LogP contribution in [0.2, 0.25) is 0 Å². The van der Waals surface area contributed by atoms with E-state index in [0.29, 0.717) is 4.47 Å².